The molecule has 0 fully saturated rings. The average Bonchev–Trinajstić information content (AvgIpc) is 3.03. The largest absolute Gasteiger partial charge is 0.477 e. The number of carboxylic acids is 1. The fraction of sp³-hybridized carbons (Fsp3) is 0.467. The van der Waals surface area contributed by atoms with Crippen molar-refractivity contribution in [1.29, 1.82) is 0 Å². The molecule has 1 atom stereocenters. The van der Waals surface area contributed by atoms with Gasteiger partial charge >= 0.3 is 5.97 Å². The summed E-state index contributed by atoms with van der Waals surface area (Å²) in [5.41, 5.74) is 2.07. The Morgan fingerprint density at radius 1 is 1.35 bits per heavy atom. The lowest BCUT2D eigenvalue weighted by Gasteiger charge is -2.15. The maximum atomic E-state index is 12.0. The Bertz CT molecular complexity index is 704. The third-order valence-electron chi connectivity index (χ3n) is 3.44. The normalized spacial score (nSPS) is 12.1. The van der Waals surface area contributed by atoms with E-state index < -0.39 is 5.97 Å². The molecule has 2 aromatic heterocycles. The van der Waals surface area contributed by atoms with E-state index in [2.05, 4.69) is 15.5 Å². The first kappa shape index (κ1) is 16.7. The molecule has 0 spiro atoms. The van der Waals surface area contributed by atoms with E-state index in [9.17, 15) is 9.59 Å². The van der Waals surface area contributed by atoms with Crippen molar-refractivity contribution >= 4 is 11.9 Å². The lowest BCUT2D eigenvalue weighted by Crippen LogP contribution is -2.36. The number of carboxylic acid groups (broad SMARTS) is 1. The van der Waals surface area contributed by atoms with Gasteiger partial charge in [0.1, 0.15) is 5.69 Å². The molecule has 0 saturated heterocycles. The van der Waals surface area contributed by atoms with Crippen LogP contribution in [0.3, 0.4) is 0 Å². The summed E-state index contributed by atoms with van der Waals surface area (Å²) in [5.74, 6) is -1.20. The second-order valence-electron chi connectivity index (χ2n) is 5.57. The van der Waals surface area contributed by atoms with E-state index in [0.717, 1.165) is 11.4 Å². The van der Waals surface area contributed by atoms with Crippen molar-refractivity contribution < 1.29 is 14.7 Å². The topological polar surface area (TPSA) is 102 Å². The molecule has 2 heterocycles. The van der Waals surface area contributed by atoms with Gasteiger partial charge in [-0.15, -0.1) is 0 Å². The number of aryl methyl sites for hydroxylation is 3. The molecule has 1 amide bonds. The molecule has 2 rings (SSSR count). The van der Waals surface area contributed by atoms with E-state index in [-0.39, 0.29) is 30.6 Å². The van der Waals surface area contributed by atoms with Gasteiger partial charge in [-0.25, -0.2) is 4.79 Å². The van der Waals surface area contributed by atoms with Gasteiger partial charge in [-0.1, -0.05) is 0 Å². The van der Waals surface area contributed by atoms with Crippen LogP contribution in [0, 0.1) is 13.8 Å². The highest BCUT2D eigenvalue weighted by Gasteiger charge is 2.13. The maximum absolute atomic E-state index is 12.0. The number of nitrogens with zero attached hydrogens (tertiary/aromatic N) is 4. The second kappa shape index (κ2) is 7.08. The third kappa shape index (κ3) is 4.41. The predicted molar refractivity (Wildman–Crippen MR) is 83.1 cm³/mol. The molecule has 8 heteroatoms. The molecule has 0 aliphatic rings. The number of hydrogen-bond acceptors (Lipinski definition) is 4. The fourth-order valence-corrected chi connectivity index (χ4v) is 2.41. The first-order valence-corrected chi connectivity index (χ1v) is 7.42. The van der Waals surface area contributed by atoms with E-state index in [0.29, 0.717) is 6.54 Å². The van der Waals surface area contributed by atoms with Gasteiger partial charge in [0.15, 0.2) is 0 Å². The summed E-state index contributed by atoms with van der Waals surface area (Å²) in [5, 5.41) is 20.1. The van der Waals surface area contributed by atoms with E-state index in [4.69, 9.17) is 5.11 Å². The van der Waals surface area contributed by atoms with Crippen LogP contribution in [0.15, 0.2) is 18.3 Å². The van der Waals surface area contributed by atoms with Crippen molar-refractivity contribution in [3.8, 4) is 0 Å². The number of carbonyl (C=O) groups is 2. The SMILES string of the molecule is Cc1cc(C)n(CC(C)NC(=O)CCn2nccc2C(=O)O)n1. The lowest BCUT2D eigenvalue weighted by molar-refractivity contribution is -0.122. The zero-order valence-electron chi connectivity index (χ0n) is 13.5. The van der Waals surface area contributed by atoms with E-state index in [1.807, 2.05) is 31.5 Å². The number of hydrogen-bond donors (Lipinski definition) is 2. The van der Waals surface area contributed by atoms with Gasteiger partial charge in [0, 0.05) is 24.4 Å². The van der Waals surface area contributed by atoms with Gasteiger partial charge in [0.05, 0.1) is 18.8 Å². The van der Waals surface area contributed by atoms with Gasteiger partial charge < -0.3 is 10.4 Å². The molecule has 23 heavy (non-hydrogen) atoms. The maximum Gasteiger partial charge on any atom is 0.354 e. The summed E-state index contributed by atoms with van der Waals surface area (Å²) >= 11 is 0. The van der Waals surface area contributed by atoms with Gasteiger partial charge in [0.25, 0.3) is 0 Å². The zero-order valence-corrected chi connectivity index (χ0v) is 13.5. The summed E-state index contributed by atoms with van der Waals surface area (Å²) in [6.45, 7) is 6.63. The average molecular weight is 319 g/mol. The molecule has 2 aromatic rings. The number of nitrogens with one attached hydrogen (secondary N) is 1. The van der Waals surface area contributed by atoms with Gasteiger partial charge in [-0.3, -0.25) is 14.2 Å². The minimum atomic E-state index is -1.05. The highest BCUT2D eigenvalue weighted by molar-refractivity contribution is 5.85. The van der Waals surface area contributed by atoms with Crippen LogP contribution in [-0.2, 0) is 17.9 Å². The number of aromatic carboxylic acids is 1. The molecular formula is C15H21N5O3. The summed E-state index contributed by atoms with van der Waals surface area (Å²) < 4.78 is 3.17. The van der Waals surface area contributed by atoms with Crippen molar-refractivity contribution in [1.82, 2.24) is 24.9 Å². The van der Waals surface area contributed by atoms with Gasteiger partial charge in [-0.2, -0.15) is 10.2 Å². The third-order valence-corrected chi connectivity index (χ3v) is 3.44. The Morgan fingerprint density at radius 2 is 2.09 bits per heavy atom. The van der Waals surface area contributed by atoms with Crippen LogP contribution >= 0.6 is 0 Å². The minimum absolute atomic E-state index is 0.0722. The van der Waals surface area contributed by atoms with Crippen LogP contribution in [0.2, 0.25) is 0 Å². The monoisotopic (exact) mass is 319 g/mol. The molecule has 0 saturated carbocycles. The first-order chi connectivity index (χ1) is 10.9. The molecule has 0 aliphatic carbocycles. The summed E-state index contributed by atoms with van der Waals surface area (Å²) in [6, 6.07) is 3.32. The van der Waals surface area contributed by atoms with Crippen molar-refractivity contribution in [2.24, 2.45) is 0 Å². The minimum Gasteiger partial charge on any atom is -0.477 e. The number of amides is 1. The molecule has 8 nitrogen and oxygen atoms in total. The summed E-state index contributed by atoms with van der Waals surface area (Å²) in [4.78, 5) is 23.0. The van der Waals surface area contributed by atoms with Crippen LogP contribution in [0.25, 0.3) is 0 Å². The zero-order chi connectivity index (χ0) is 17.0. The number of carbonyl (C=O) groups excluding carboxylic acids is 1. The predicted octanol–water partition coefficient (Wildman–Crippen LogP) is 0.990. The Balaban J connectivity index is 1.83. The van der Waals surface area contributed by atoms with Crippen LogP contribution in [0.4, 0.5) is 0 Å². The van der Waals surface area contributed by atoms with Gasteiger partial charge in [-0.05, 0) is 32.9 Å². The summed E-state index contributed by atoms with van der Waals surface area (Å²) in [7, 11) is 0. The second-order valence-corrected chi connectivity index (χ2v) is 5.57. The standard InChI is InChI=1S/C15H21N5O3/c1-10-8-12(3)20(18-10)9-11(2)17-14(21)5-7-19-13(15(22)23)4-6-16-19/h4,6,8,11H,5,7,9H2,1-3H3,(H,17,21)(H,22,23). The lowest BCUT2D eigenvalue weighted by atomic mass is 10.3. The molecule has 0 radical (unpaired) electrons. The molecular weight excluding hydrogens is 298 g/mol. The van der Waals surface area contributed by atoms with E-state index in [1.165, 1.54) is 16.9 Å². The molecule has 0 bridgehead atoms. The van der Waals surface area contributed by atoms with Gasteiger partial charge in [0.2, 0.25) is 5.91 Å². The quantitative estimate of drug-likeness (QED) is 0.792. The van der Waals surface area contributed by atoms with Crippen molar-refractivity contribution in [2.45, 2.75) is 46.3 Å². The number of rotatable bonds is 7. The van der Waals surface area contributed by atoms with Crippen molar-refractivity contribution in [3.63, 3.8) is 0 Å². The number of aromatic nitrogens is 4. The van der Waals surface area contributed by atoms with Crippen LogP contribution in [-0.4, -0.2) is 42.6 Å². The Morgan fingerprint density at radius 3 is 2.70 bits per heavy atom. The first-order valence-electron chi connectivity index (χ1n) is 7.42. The molecule has 2 N–H and O–H groups in total. The fourth-order valence-electron chi connectivity index (χ4n) is 2.41. The highest BCUT2D eigenvalue weighted by atomic mass is 16.4. The molecule has 1 unspecified atom stereocenters. The Hall–Kier alpha value is -2.64. The van der Waals surface area contributed by atoms with Crippen molar-refractivity contribution in [3.05, 3.63) is 35.4 Å². The van der Waals surface area contributed by atoms with E-state index in [1.54, 1.807) is 0 Å². The Labute approximate surface area is 134 Å². The van der Waals surface area contributed by atoms with Crippen LogP contribution in [0.1, 0.15) is 35.2 Å². The molecule has 0 aromatic carbocycles. The highest BCUT2D eigenvalue weighted by Crippen LogP contribution is 2.04. The molecule has 124 valence electrons. The van der Waals surface area contributed by atoms with E-state index >= 15 is 0 Å². The molecule has 0 aliphatic heterocycles. The Kier molecular flexibility index (Phi) is 5.15. The smallest absolute Gasteiger partial charge is 0.354 e. The van der Waals surface area contributed by atoms with Crippen LogP contribution in [0.5, 0.6) is 0 Å². The summed E-state index contributed by atoms with van der Waals surface area (Å²) in [6.07, 6.45) is 1.58. The van der Waals surface area contributed by atoms with Crippen molar-refractivity contribution in [2.75, 3.05) is 0 Å². The van der Waals surface area contributed by atoms with Crippen LogP contribution < -0.4 is 5.32 Å².